The predicted octanol–water partition coefficient (Wildman–Crippen LogP) is 0.862. The Morgan fingerprint density at radius 1 is 1.64 bits per heavy atom. The van der Waals surface area contributed by atoms with Gasteiger partial charge in [-0.25, -0.2) is 4.57 Å². The number of hydrogen-bond acceptors (Lipinski definition) is 1. The number of hydrogen-bond donors (Lipinski definition) is 0. The Kier molecular flexibility index (Phi) is 3.40. The van der Waals surface area contributed by atoms with Crippen molar-refractivity contribution in [1.29, 1.82) is 0 Å². The van der Waals surface area contributed by atoms with E-state index in [2.05, 4.69) is 6.58 Å². The number of rotatable bonds is 3. The molecule has 0 aliphatic heterocycles. The molecule has 0 aromatic carbocycles. The Hall–Kier alpha value is -1.64. The smallest absolute Gasteiger partial charge is 0.259 e. The quantitative estimate of drug-likeness (QED) is 0.513. The molecule has 14 heavy (non-hydrogen) atoms. The van der Waals surface area contributed by atoms with E-state index in [-0.39, 0.29) is 5.91 Å². The van der Waals surface area contributed by atoms with Crippen molar-refractivity contribution in [3.05, 3.63) is 42.7 Å². The Balaban J connectivity index is 2.93. The maximum atomic E-state index is 11.6. The molecule has 0 fully saturated rings. The van der Waals surface area contributed by atoms with Gasteiger partial charge >= 0.3 is 0 Å². The second-order valence-electron chi connectivity index (χ2n) is 3.28. The third-order valence-electron chi connectivity index (χ3n) is 1.85. The molecule has 0 saturated heterocycles. The third kappa shape index (κ3) is 2.42. The molecule has 0 unspecified atom stereocenters. The number of pyridine rings is 1. The van der Waals surface area contributed by atoms with Crippen LogP contribution in [0.2, 0.25) is 0 Å². The topological polar surface area (TPSA) is 24.2 Å². The molecule has 0 atom stereocenters. The third-order valence-corrected chi connectivity index (χ3v) is 1.85. The van der Waals surface area contributed by atoms with E-state index in [4.69, 9.17) is 0 Å². The maximum Gasteiger partial charge on any atom is 0.259 e. The van der Waals surface area contributed by atoms with Gasteiger partial charge in [0.2, 0.25) is 0 Å². The van der Waals surface area contributed by atoms with Crippen LogP contribution in [-0.2, 0) is 6.54 Å². The Labute approximate surface area is 84.3 Å². The molecular formula is C11H15N2O+. The van der Waals surface area contributed by atoms with Crippen molar-refractivity contribution in [2.24, 2.45) is 0 Å². The maximum absolute atomic E-state index is 11.6. The molecule has 74 valence electrons. The molecule has 0 N–H and O–H groups in total. The molecule has 1 rings (SSSR count). The van der Waals surface area contributed by atoms with E-state index in [9.17, 15) is 4.79 Å². The number of amides is 1. The Bertz CT molecular complexity index is 345. The van der Waals surface area contributed by atoms with Crippen LogP contribution in [0, 0.1) is 0 Å². The van der Waals surface area contributed by atoms with E-state index >= 15 is 0 Å². The zero-order valence-electron chi connectivity index (χ0n) is 8.60. The first-order chi connectivity index (χ1) is 6.65. The van der Waals surface area contributed by atoms with E-state index < -0.39 is 0 Å². The van der Waals surface area contributed by atoms with Gasteiger partial charge in [-0.05, 0) is 12.1 Å². The Morgan fingerprint density at radius 3 is 2.93 bits per heavy atom. The molecule has 1 aromatic rings. The summed E-state index contributed by atoms with van der Waals surface area (Å²) in [6.07, 6.45) is 5.53. The van der Waals surface area contributed by atoms with Crippen LogP contribution in [0.1, 0.15) is 10.4 Å². The summed E-state index contributed by atoms with van der Waals surface area (Å²) in [5.41, 5.74) is 0.694. The van der Waals surface area contributed by atoms with Crippen molar-refractivity contribution < 1.29 is 9.36 Å². The summed E-state index contributed by atoms with van der Waals surface area (Å²) in [5.74, 6) is 0.0170. The highest BCUT2D eigenvalue weighted by Gasteiger charge is 2.11. The van der Waals surface area contributed by atoms with Gasteiger partial charge in [0, 0.05) is 20.2 Å². The second-order valence-corrected chi connectivity index (χ2v) is 3.28. The van der Waals surface area contributed by atoms with Gasteiger partial charge in [0.25, 0.3) is 5.91 Å². The van der Waals surface area contributed by atoms with Crippen LogP contribution < -0.4 is 4.57 Å². The monoisotopic (exact) mass is 191 g/mol. The van der Waals surface area contributed by atoms with Crippen LogP contribution in [0.5, 0.6) is 0 Å². The molecule has 0 bridgehead atoms. The lowest BCUT2D eigenvalue weighted by molar-refractivity contribution is -0.687. The molecule has 1 amide bonds. The fourth-order valence-electron chi connectivity index (χ4n) is 1.17. The van der Waals surface area contributed by atoms with Gasteiger partial charge < -0.3 is 4.90 Å². The summed E-state index contributed by atoms with van der Waals surface area (Å²) in [7, 11) is 3.49. The number of carbonyl (C=O) groups is 1. The summed E-state index contributed by atoms with van der Waals surface area (Å²) in [6, 6.07) is 3.67. The van der Waals surface area contributed by atoms with Crippen LogP contribution in [-0.4, -0.2) is 24.9 Å². The SMILES string of the molecule is C=CC[n+]1cccc(C(=O)N(C)C)c1. The second kappa shape index (κ2) is 4.56. The first-order valence-corrected chi connectivity index (χ1v) is 4.47. The molecule has 0 aliphatic carbocycles. The fourth-order valence-corrected chi connectivity index (χ4v) is 1.17. The zero-order valence-corrected chi connectivity index (χ0v) is 8.60. The van der Waals surface area contributed by atoms with Crippen LogP contribution in [0.15, 0.2) is 37.2 Å². The molecule has 0 aliphatic rings. The van der Waals surface area contributed by atoms with Crippen molar-refractivity contribution in [2.75, 3.05) is 14.1 Å². The van der Waals surface area contributed by atoms with E-state index in [0.717, 1.165) is 0 Å². The average molecular weight is 191 g/mol. The molecular weight excluding hydrogens is 176 g/mol. The Morgan fingerprint density at radius 2 is 2.36 bits per heavy atom. The number of aromatic nitrogens is 1. The average Bonchev–Trinajstić information content (AvgIpc) is 2.17. The number of carbonyl (C=O) groups excluding carboxylic acids is 1. The fraction of sp³-hybridized carbons (Fsp3) is 0.273. The molecule has 0 radical (unpaired) electrons. The highest BCUT2D eigenvalue weighted by molar-refractivity contribution is 5.93. The van der Waals surface area contributed by atoms with Crippen molar-refractivity contribution in [3.8, 4) is 0 Å². The van der Waals surface area contributed by atoms with Gasteiger partial charge in [-0.1, -0.05) is 6.58 Å². The van der Waals surface area contributed by atoms with Crippen molar-refractivity contribution in [3.63, 3.8) is 0 Å². The minimum atomic E-state index is 0.0170. The largest absolute Gasteiger partial charge is 0.345 e. The van der Waals surface area contributed by atoms with Crippen LogP contribution >= 0.6 is 0 Å². The minimum Gasteiger partial charge on any atom is -0.345 e. The summed E-state index contributed by atoms with van der Waals surface area (Å²) in [5, 5.41) is 0. The molecule has 1 heterocycles. The lowest BCUT2D eigenvalue weighted by Gasteiger charge is -2.08. The van der Waals surface area contributed by atoms with Gasteiger partial charge in [-0.15, -0.1) is 0 Å². The van der Waals surface area contributed by atoms with Crippen molar-refractivity contribution in [1.82, 2.24) is 4.90 Å². The van der Waals surface area contributed by atoms with Gasteiger partial charge in [0.05, 0.1) is 0 Å². The lowest BCUT2D eigenvalue weighted by Crippen LogP contribution is -2.34. The highest BCUT2D eigenvalue weighted by atomic mass is 16.2. The van der Waals surface area contributed by atoms with E-state index in [0.29, 0.717) is 12.1 Å². The van der Waals surface area contributed by atoms with Crippen LogP contribution in [0.4, 0.5) is 0 Å². The first kappa shape index (κ1) is 10.4. The molecule has 3 heteroatoms. The zero-order chi connectivity index (χ0) is 10.6. The summed E-state index contributed by atoms with van der Waals surface area (Å²) < 4.78 is 1.92. The van der Waals surface area contributed by atoms with Crippen LogP contribution in [0.25, 0.3) is 0 Å². The van der Waals surface area contributed by atoms with Gasteiger partial charge in [-0.3, -0.25) is 4.79 Å². The van der Waals surface area contributed by atoms with E-state index in [1.807, 2.05) is 29.1 Å². The predicted molar refractivity (Wildman–Crippen MR) is 54.9 cm³/mol. The lowest BCUT2D eigenvalue weighted by atomic mass is 10.2. The molecule has 0 spiro atoms. The summed E-state index contributed by atoms with van der Waals surface area (Å²) in [6.45, 7) is 4.37. The molecule has 1 aromatic heterocycles. The summed E-state index contributed by atoms with van der Waals surface area (Å²) in [4.78, 5) is 13.2. The highest BCUT2D eigenvalue weighted by Crippen LogP contribution is 1.97. The number of allylic oxidation sites excluding steroid dienone is 1. The van der Waals surface area contributed by atoms with Crippen LogP contribution in [0.3, 0.4) is 0 Å². The normalized spacial score (nSPS) is 9.57. The van der Waals surface area contributed by atoms with Gasteiger partial charge in [0.15, 0.2) is 18.9 Å². The van der Waals surface area contributed by atoms with E-state index in [1.165, 1.54) is 0 Å². The molecule has 3 nitrogen and oxygen atoms in total. The van der Waals surface area contributed by atoms with Gasteiger partial charge in [-0.2, -0.15) is 0 Å². The standard InChI is InChI=1S/C11H15N2O/c1-4-7-13-8-5-6-10(9-13)11(14)12(2)3/h4-6,8-9H,1,7H2,2-3H3/q+1. The van der Waals surface area contributed by atoms with E-state index in [1.54, 1.807) is 25.1 Å². The minimum absolute atomic E-state index is 0.0170. The van der Waals surface area contributed by atoms with Gasteiger partial charge in [0.1, 0.15) is 5.56 Å². The number of nitrogens with zero attached hydrogens (tertiary/aromatic N) is 2. The van der Waals surface area contributed by atoms with Crippen molar-refractivity contribution >= 4 is 5.91 Å². The van der Waals surface area contributed by atoms with Crippen molar-refractivity contribution in [2.45, 2.75) is 6.54 Å². The first-order valence-electron chi connectivity index (χ1n) is 4.47. The molecule has 0 saturated carbocycles. The summed E-state index contributed by atoms with van der Waals surface area (Å²) >= 11 is 0.